The summed E-state index contributed by atoms with van der Waals surface area (Å²) in [7, 11) is 0.00380. The van der Waals surface area contributed by atoms with Crippen LogP contribution in [0.2, 0.25) is 0 Å². The van der Waals surface area contributed by atoms with E-state index in [9.17, 15) is 9.69 Å². The van der Waals surface area contributed by atoms with Crippen molar-refractivity contribution in [1.82, 2.24) is 5.32 Å². The quantitative estimate of drug-likeness (QED) is 0.0531. The monoisotopic (exact) mass is 547 g/mol. The molecule has 2 N–H and O–H groups in total. The minimum atomic E-state index is -1.91. The van der Waals surface area contributed by atoms with Crippen molar-refractivity contribution in [3.63, 3.8) is 0 Å². The first-order chi connectivity index (χ1) is 18.1. The first-order valence-corrected chi connectivity index (χ1v) is 16.8. The summed E-state index contributed by atoms with van der Waals surface area (Å²) >= 11 is 0. The molecule has 2 unspecified atom stereocenters. The molecule has 222 valence electrons. The van der Waals surface area contributed by atoms with E-state index in [0.29, 0.717) is 6.61 Å². The second-order valence-electron chi connectivity index (χ2n) is 10.6. The molecular formula is C30H62NO5P. The molecule has 0 aromatic heterocycles. The van der Waals surface area contributed by atoms with Gasteiger partial charge in [0.05, 0.1) is 13.2 Å². The number of hydrogen-bond donors (Lipinski definition) is 2. The van der Waals surface area contributed by atoms with Gasteiger partial charge in [-0.05, 0) is 39.3 Å². The van der Waals surface area contributed by atoms with E-state index in [4.69, 9.17) is 13.8 Å². The van der Waals surface area contributed by atoms with Gasteiger partial charge in [0.15, 0.2) is 0 Å². The van der Waals surface area contributed by atoms with E-state index in [0.717, 1.165) is 38.6 Å². The van der Waals surface area contributed by atoms with Crippen LogP contribution in [0.3, 0.4) is 0 Å². The van der Waals surface area contributed by atoms with E-state index < -0.39 is 8.60 Å². The number of hydrogen-bond acceptors (Lipinski definition) is 6. The minimum Gasteiger partial charge on any atom is -0.460 e. The fourth-order valence-corrected chi connectivity index (χ4v) is 5.25. The molecule has 37 heavy (non-hydrogen) atoms. The van der Waals surface area contributed by atoms with E-state index in [1.807, 2.05) is 7.05 Å². The molecule has 0 saturated carbocycles. The van der Waals surface area contributed by atoms with Crippen LogP contribution in [0.4, 0.5) is 0 Å². The number of nitrogens with one attached hydrogen (secondary N) is 1. The highest BCUT2D eigenvalue weighted by atomic mass is 31.2. The van der Waals surface area contributed by atoms with Crippen LogP contribution in [0.1, 0.15) is 155 Å². The molecule has 0 aliphatic rings. The average Bonchev–Trinajstić information content (AvgIpc) is 2.88. The summed E-state index contributed by atoms with van der Waals surface area (Å²) in [5.41, 5.74) is 0. The third-order valence-corrected chi connectivity index (χ3v) is 7.63. The Bertz CT molecular complexity index is 469. The van der Waals surface area contributed by atoms with Crippen LogP contribution in [-0.2, 0) is 18.6 Å². The summed E-state index contributed by atoms with van der Waals surface area (Å²) in [5, 5.41) is 3.08. The number of carbonyl (C=O) groups excluding carboxylic acids is 1. The van der Waals surface area contributed by atoms with E-state index in [-0.39, 0.29) is 18.7 Å². The maximum atomic E-state index is 11.4. The van der Waals surface area contributed by atoms with Crippen LogP contribution in [0.5, 0.6) is 0 Å². The topological polar surface area (TPSA) is 77.0 Å². The molecule has 0 aromatic carbocycles. The molecule has 0 rings (SSSR count). The maximum absolute atomic E-state index is 11.4. The molecule has 7 heteroatoms. The van der Waals surface area contributed by atoms with Gasteiger partial charge in [0.2, 0.25) is 0 Å². The largest absolute Gasteiger partial charge is 0.460 e. The fraction of sp³-hybridized carbons (Fsp3) is 0.967. The molecule has 0 aliphatic heterocycles. The summed E-state index contributed by atoms with van der Waals surface area (Å²) in [6, 6.07) is 0. The minimum absolute atomic E-state index is 0.192. The summed E-state index contributed by atoms with van der Waals surface area (Å²) in [5.74, 6) is -0.304. The highest BCUT2D eigenvalue weighted by Crippen LogP contribution is 2.33. The molecule has 0 spiro atoms. The van der Waals surface area contributed by atoms with Crippen molar-refractivity contribution in [2.24, 2.45) is 0 Å². The number of ether oxygens (including phenoxy) is 1. The predicted octanol–water partition coefficient (Wildman–Crippen LogP) is 8.99. The Balaban J connectivity index is 3.52. The number of esters is 1. The zero-order valence-electron chi connectivity index (χ0n) is 24.8. The van der Waals surface area contributed by atoms with Crippen molar-refractivity contribution in [2.75, 3.05) is 26.8 Å². The summed E-state index contributed by atoms with van der Waals surface area (Å²) in [4.78, 5) is 21.3. The van der Waals surface area contributed by atoms with Crippen molar-refractivity contribution in [2.45, 2.75) is 161 Å². The first kappa shape index (κ1) is 36.7. The van der Waals surface area contributed by atoms with Crippen molar-refractivity contribution in [1.29, 1.82) is 0 Å². The molecule has 6 nitrogen and oxygen atoms in total. The highest BCUT2D eigenvalue weighted by molar-refractivity contribution is 7.40. The predicted molar refractivity (Wildman–Crippen MR) is 158 cm³/mol. The Morgan fingerprint density at radius 3 is 1.59 bits per heavy atom. The van der Waals surface area contributed by atoms with Crippen molar-refractivity contribution >= 4 is 14.6 Å². The van der Waals surface area contributed by atoms with E-state index in [2.05, 4.69) is 12.2 Å². The number of rotatable bonds is 30. The SMILES string of the molecule is CCCCCCCCCCCCCCCCCCCCCC(COP(O)OCCCCNC)OC(C)=O. The van der Waals surface area contributed by atoms with E-state index >= 15 is 0 Å². The number of unbranched alkanes of at least 4 members (excludes halogenated alkanes) is 19. The molecule has 0 radical (unpaired) electrons. The second kappa shape index (κ2) is 30.3. The first-order valence-electron chi connectivity index (χ1n) is 15.7. The van der Waals surface area contributed by atoms with Gasteiger partial charge in [-0.3, -0.25) is 4.79 Å². The van der Waals surface area contributed by atoms with Gasteiger partial charge in [0.1, 0.15) is 6.10 Å². The molecule has 0 amide bonds. The Morgan fingerprint density at radius 2 is 1.16 bits per heavy atom. The molecule has 0 fully saturated rings. The zero-order valence-corrected chi connectivity index (χ0v) is 25.7. The van der Waals surface area contributed by atoms with Crippen molar-refractivity contribution in [3.05, 3.63) is 0 Å². The Kier molecular flexibility index (Phi) is 30.1. The summed E-state index contributed by atoms with van der Waals surface area (Å²) in [6.45, 7) is 5.30. The van der Waals surface area contributed by atoms with Gasteiger partial charge in [0, 0.05) is 6.92 Å². The maximum Gasteiger partial charge on any atom is 0.329 e. The fourth-order valence-electron chi connectivity index (χ4n) is 4.59. The van der Waals surface area contributed by atoms with Gasteiger partial charge in [-0.15, -0.1) is 0 Å². The van der Waals surface area contributed by atoms with E-state index in [1.54, 1.807) is 0 Å². The lowest BCUT2D eigenvalue weighted by molar-refractivity contribution is -0.148. The highest BCUT2D eigenvalue weighted by Gasteiger charge is 2.16. The third-order valence-electron chi connectivity index (χ3n) is 6.86. The standard InChI is InChI=1S/C30H62NO5P/c1-4-5-6-7-8-9-10-11-12-13-14-15-16-17-18-19-20-21-22-25-30(36-29(2)32)28-35-37(33)34-27-24-23-26-31-3/h30-31,33H,4-28H2,1-3H3. The average molecular weight is 548 g/mol. The van der Waals surface area contributed by atoms with Gasteiger partial charge >= 0.3 is 14.6 Å². The lowest BCUT2D eigenvalue weighted by atomic mass is 10.0. The van der Waals surface area contributed by atoms with Crippen LogP contribution in [0.25, 0.3) is 0 Å². The molecule has 0 bridgehead atoms. The molecule has 0 heterocycles. The van der Waals surface area contributed by atoms with Crippen LogP contribution < -0.4 is 5.32 Å². The smallest absolute Gasteiger partial charge is 0.329 e. The van der Waals surface area contributed by atoms with Crippen LogP contribution in [-0.4, -0.2) is 43.8 Å². The van der Waals surface area contributed by atoms with Gasteiger partial charge in [-0.25, -0.2) is 0 Å². The Hall–Kier alpha value is -0.260. The Labute approximate surface area is 231 Å². The second-order valence-corrected chi connectivity index (χ2v) is 11.6. The van der Waals surface area contributed by atoms with Crippen LogP contribution in [0, 0.1) is 0 Å². The molecule has 0 aliphatic carbocycles. The molecule has 2 atom stereocenters. The van der Waals surface area contributed by atoms with Gasteiger partial charge < -0.3 is 24.0 Å². The number of carbonyl (C=O) groups is 1. The summed E-state index contributed by atoms with van der Waals surface area (Å²) < 4.78 is 16.1. The van der Waals surface area contributed by atoms with Crippen molar-refractivity contribution in [3.8, 4) is 0 Å². The van der Waals surface area contributed by atoms with Crippen LogP contribution in [0.15, 0.2) is 0 Å². The normalized spacial score (nSPS) is 13.1. The lowest BCUT2D eigenvalue weighted by Gasteiger charge is -2.18. The molecule has 0 saturated heterocycles. The zero-order chi connectivity index (χ0) is 27.2. The van der Waals surface area contributed by atoms with Gasteiger partial charge in [-0.2, -0.15) is 0 Å². The van der Waals surface area contributed by atoms with E-state index in [1.165, 1.54) is 116 Å². The van der Waals surface area contributed by atoms with Gasteiger partial charge in [0.25, 0.3) is 0 Å². The Morgan fingerprint density at radius 1 is 0.703 bits per heavy atom. The lowest BCUT2D eigenvalue weighted by Crippen LogP contribution is -2.21. The molecule has 0 aromatic rings. The van der Waals surface area contributed by atoms with Crippen LogP contribution >= 0.6 is 8.60 Å². The molecular weight excluding hydrogens is 485 g/mol. The summed E-state index contributed by atoms with van der Waals surface area (Å²) in [6.07, 6.45) is 28.1. The third kappa shape index (κ3) is 30.1. The van der Waals surface area contributed by atoms with Crippen molar-refractivity contribution < 1.29 is 23.5 Å². The van der Waals surface area contributed by atoms with Gasteiger partial charge in [-0.1, -0.05) is 122 Å².